The highest BCUT2D eigenvalue weighted by atomic mass is 19.1. The fourth-order valence-corrected chi connectivity index (χ4v) is 3.34. The van der Waals surface area contributed by atoms with E-state index in [1.54, 1.807) is 0 Å². The van der Waals surface area contributed by atoms with Crippen molar-refractivity contribution in [2.45, 2.75) is 45.1 Å². The van der Waals surface area contributed by atoms with Gasteiger partial charge in [0, 0.05) is 28.8 Å². The van der Waals surface area contributed by atoms with Crippen molar-refractivity contribution in [1.82, 2.24) is 10.3 Å². The molecule has 2 aliphatic rings. The molecule has 3 nitrogen and oxygen atoms in total. The maximum atomic E-state index is 14.4. The van der Waals surface area contributed by atoms with Crippen LogP contribution in [0.15, 0.2) is 6.20 Å². The van der Waals surface area contributed by atoms with E-state index in [1.807, 2.05) is 13.1 Å². The predicted molar refractivity (Wildman–Crippen MR) is 81.5 cm³/mol. The minimum absolute atomic E-state index is 0.193. The van der Waals surface area contributed by atoms with Gasteiger partial charge in [0.25, 0.3) is 0 Å². The van der Waals surface area contributed by atoms with Crippen LogP contribution >= 0.6 is 0 Å². The Balaban J connectivity index is 1.75. The Hall–Kier alpha value is -1.55. The van der Waals surface area contributed by atoms with E-state index in [2.05, 4.69) is 10.3 Å². The van der Waals surface area contributed by atoms with Crippen molar-refractivity contribution in [2.24, 2.45) is 0 Å². The smallest absolute Gasteiger partial charge is 0.170 e. The second-order valence-corrected chi connectivity index (χ2v) is 6.24. The zero-order valence-electron chi connectivity index (χ0n) is 12.4. The molecule has 0 atom stereocenters. The molecular weight excluding hydrogens is 267 g/mol. The van der Waals surface area contributed by atoms with E-state index in [9.17, 15) is 4.39 Å². The van der Waals surface area contributed by atoms with Crippen LogP contribution in [0.3, 0.4) is 0 Å². The zero-order valence-corrected chi connectivity index (χ0v) is 12.4. The van der Waals surface area contributed by atoms with Crippen LogP contribution in [0.1, 0.15) is 36.0 Å². The normalized spacial score (nSPS) is 17.8. The Morgan fingerprint density at radius 3 is 3.10 bits per heavy atom. The Labute approximate surface area is 123 Å². The van der Waals surface area contributed by atoms with Crippen LogP contribution in [0.4, 0.5) is 4.39 Å². The fourth-order valence-electron chi connectivity index (χ4n) is 3.34. The van der Waals surface area contributed by atoms with E-state index in [0.29, 0.717) is 17.9 Å². The van der Waals surface area contributed by atoms with E-state index in [4.69, 9.17) is 4.74 Å². The summed E-state index contributed by atoms with van der Waals surface area (Å²) >= 11 is 0. The van der Waals surface area contributed by atoms with E-state index >= 15 is 0 Å². The van der Waals surface area contributed by atoms with Crippen LogP contribution in [0.5, 0.6) is 5.75 Å². The van der Waals surface area contributed by atoms with Gasteiger partial charge in [-0.1, -0.05) is 0 Å². The Bertz CT molecular complexity index is 688. The second kappa shape index (κ2) is 5.02. The molecule has 0 bridgehead atoms. The molecule has 2 N–H and O–H groups in total. The van der Waals surface area contributed by atoms with Gasteiger partial charge >= 0.3 is 0 Å². The van der Waals surface area contributed by atoms with Gasteiger partial charge in [-0.05, 0) is 51.1 Å². The summed E-state index contributed by atoms with van der Waals surface area (Å²) in [4.78, 5) is 3.28. The predicted octanol–water partition coefficient (Wildman–Crippen LogP) is 3.23. The third-order valence-electron chi connectivity index (χ3n) is 4.66. The summed E-state index contributed by atoms with van der Waals surface area (Å²) < 4.78 is 20.0. The molecule has 112 valence electrons. The summed E-state index contributed by atoms with van der Waals surface area (Å²) in [5, 5.41) is 4.74. The van der Waals surface area contributed by atoms with Gasteiger partial charge in [0.15, 0.2) is 11.6 Å². The maximum absolute atomic E-state index is 14.4. The van der Waals surface area contributed by atoms with Gasteiger partial charge < -0.3 is 15.0 Å². The molecule has 0 amide bonds. The summed E-state index contributed by atoms with van der Waals surface area (Å²) in [6.07, 6.45) is 7.51. The van der Waals surface area contributed by atoms with Gasteiger partial charge in [-0.3, -0.25) is 0 Å². The molecule has 4 heteroatoms. The first kappa shape index (κ1) is 13.1. The first-order valence-corrected chi connectivity index (χ1v) is 7.92. The van der Waals surface area contributed by atoms with Crippen LogP contribution in [0.25, 0.3) is 10.9 Å². The number of benzene rings is 1. The quantitative estimate of drug-likeness (QED) is 0.906. The summed E-state index contributed by atoms with van der Waals surface area (Å²) in [6.45, 7) is 3.44. The lowest BCUT2D eigenvalue weighted by Gasteiger charge is -2.21. The maximum Gasteiger partial charge on any atom is 0.170 e. The van der Waals surface area contributed by atoms with Crippen molar-refractivity contribution in [2.75, 3.05) is 13.2 Å². The number of H-pyrrole nitrogens is 1. The Morgan fingerprint density at radius 1 is 1.43 bits per heavy atom. The number of fused-ring (bicyclic) bond motifs is 3. The number of hydrogen-bond acceptors (Lipinski definition) is 2. The average Bonchev–Trinajstić information content (AvgIpc) is 3.23. The van der Waals surface area contributed by atoms with Gasteiger partial charge in [-0.15, -0.1) is 0 Å². The fraction of sp³-hybridized carbons (Fsp3) is 0.529. The molecule has 1 aliphatic carbocycles. The number of aryl methyl sites for hydroxylation is 2. The Kier molecular flexibility index (Phi) is 3.14. The van der Waals surface area contributed by atoms with E-state index in [-0.39, 0.29) is 5.82 Å². The van der Waals surface area contributed by atoms with Gasteiger partial charge in [-0.2, -0.15) is 0 Å². The summed E-state index contributed by atoms with van der Waals surface area (Å²) in [7, 11) is 0. The molecular formula is C17H21FN2O. The van der Waals surface area contributed by atoms with Crippen LogP contribution in [-0.4, -0.2) is 24.2 Å². The number of nitrogens with one attached hydrogen (secondary N) is 2. The lowest BCUT2D eigenvalue weighted by atomic mass is 9.95. The summed E-state index contributed by atoms with van der Waals surface area (Å²) in [6, 6.07) is 0.728. The highest BCUT2D eigenvalue weighted by molar-refractivity contribution is 5.91. The molecule has 4 rings (SSSR count). The molecule has 0 spiro atoms. The van der Waals surface area contributed by atoms with E-state index < -0.39 is 0 Å². The second-order valence-electron chi connectivity index (χ2n) is 6.24. The molecule has 1 aromatic heterocycles. The van der Waals surface area contributed by atoms with Crippen molar-refractivity contribution in [1.29, 1.82) is 0 Å². The number of hydrogen-bond donors (Lipinski definition) is 2. The molecule has 0 radical (unpaired) electrons. The molecule has 1 fully saturated rings. The van der Waals surface area contributed by atoms with Crippen LogP contribution < -0.4 is 10.1 Å². The van der Waals surface area contributed by atoms with Gasteiger partial charge in [0.05, 0.1) is 12.1 Å². The monoisotopic (exact) mass is 288 g/mol. The summed E-state index contributed by atoms with van der Waals surface area (Å²) in [5.41, 5.74) is 3.95. The SMILES string of the molecule is Cc1c(F)c2c(c3c(CCNC4CC4)c[nH]c13)CCCO2. The summed E-state index contributed by atoms with van der Waals surface area (Å²) in [5.74, 6) is 0.295. The molecule has 1 aliphatic heterocycles. The number of aromatic amines is 1. The topological polar surface area (TPSA) is 37.0 Å². The van der Waals surface area contributed by atoms with Crippen molar-refractivity contribution < 1.29 is 9.13 Å². The van der Waals surface area contributed by atoms with E-state index in [0.717, 1.165) is 42.9 Å². The standard InChI is InChI=1S/C17H21FN2O/c1-10-15(18)17-13(3-2-8-21-17)14-11(9-20-16(10)14)6-7-19-12-4-5-12/h9,12,19-20H,2-8H2,1H3. The molecule has 21 heavy (non-hydrogen) atoms. The molecule has 2 heterocycles. The first-order chi connectivity index (χ1) is 10.3. The highest BCUT2D eigenvalue weighted by Gasteiger charge is 2.24. The molecule has 0 unspecified atom stereocenters. The largest absolute Gasteiger partial charge is 0.490 e. The number of ether oxygens (including phenoxy) is 1. The van der Waals surface area contributed by atoms with Gasteiger partial charge in [-0.25, -0.2) is 4.39 Å². The minimum Gasteiger partial charge on any atom is -0.490 e. The average molecular weight is 288 g/mol. The number of aromatic nitrogens is 1. The highest BCUT2D eigenvalue weighted by Crippen LogP contribution is 2.39. The lowest BCUT2D eigenvalue weighted by Crippen LogP contribution is -2.19. The van der Waals surface area contributed by atoms with Crippen molar-refractivity contribution in [3.8, 4) is 5.75 Å². The Morgan fingerprint density at radius 2 is 2.29 bits per heavy atom. The third-order valence-corrected chi connectivity index (χ3v) is 4.66. The minimum atomic E-state index is -0.193. The van der Waals surface area contributed by atoms with Gasteiger partial charge in [0.1, 0.15) is 0 Å². The van der Waals surface area contributed by atoms with Crippen molar-refractivity contribution >= 4 is 10.9 Å². The van der Waals surface area contributed by atoms with E-state index in [1.165, 1.54) is 23.8 Å². The van der Waals surface area contributed by atoms with Crippen LogP contribution in [0, 0.1) is 12.7 Å². The third kappa shape index (κ3) is 2.22. The molecule has 1 saturated carbocycles. The molecule has 1 aromatic carbocycles. The van der Waals surface area contributed by atoms with Crippen LogP contribution in [-0.2, 0) is 12.8 Å². The number of rotatable bonds is 4. The zero-order chi connectivity index (χ0) is 14.4. The lowest BCUT2D eigenvalue weighted by molar-refractivity contribution is 0.274. The van der Waals surface area contributed by atoms with Gasteiger partial charge in [0.2, 0.25) is 0 Å². The number of halogens is 1. The first-order valence-electron chi connectivity index (χ1n) is 7.92. The van der Waals surface area contributed by atoms with Crippen LogP contribution in [0.2, 0.25) is 0 Å². The van der Waals surface area contributed by atoms with Crippen molar-refractivity contribution in [3.05, 3.63) is 28.7 Å². The molecule has 0 saturated heterocycles. The molecule has 2 aromatic rings. The van der Waals surface area contributed by atoms with Crippen molar-refractivity contribution in [3.63, 3.8) is 0 Å².